The van der Waals surface area contributed by atoms with Gasteiger partial charge in [0.25, 0.3) is 5.91 Å². The van der Waals surface area contributed by atoms with Crippen LogP contribution < -0.4 is 5.32 Å². The maximum Gasteiger partial charge on any atom is 0.355 e. The molecule has 0 saturated carbocycles. The summed E-state index contributed by atoms with van der Waals surface area (Å²) in [6.07, 6.45) is 0. The molecule has 0 bridgehead atoms. The molecule has 7 heteroatoms. The first-order valence-electron chi connectivity index (χ1n) is 7.22. The highest BCUT2D eigenvalue weighted by Crippen LogP contribution is 2.19. The lowest BCUT2D eigenvalue weighted by Crippen LogP contribution is -2.21. The van der Waals surface area contributed by atoms with Crippen LogP contribution in [0.25, 0.3) is 0 Å². The zero-order chi connectivity index (χ0) is 17.9. The van der Waals surface area contributed by atoms with E-state index >= 15 is 0 Å². The molecule has 1 amide bonds. The number of Topliss-reactive ketones (excluding diaryl/α,β-unsaturated/α-hetero) is 1. The molecule has 0 atom stereocenters. The molecule has 2 N–H and O–H groups in total. The second-order valence-corrected chi connectivity index (χ2v) is 5.75. The number of rotatable bonds is 5. The zero-order valence-electron chi connectivity index (χ0n) is 13.5. The number of ether oxygens (including phenoxy) is 1. The molecule has 0 fully saturated rings. The van der Waals surface area contributed by atoms with Crippen molar-refractivity contribution in [1.82, 2.24) is 4.98 Å². The van der Waals surface area contributed by atoms with Crippen LogP contribution in [0.1, 0.15) is 39.0 Å². The van der Waals surface area contributed by atoms with Crippen molar-refractivity contribution in [2.45, 2.75) is 20.8 Å². The Bertz CT molecular complexity index is 811. The monoisotopic (exact) mass is 348 g/mol. The number of benzene rings is 1. The van der Waals surface area contributed by atoms with E-state index in [1.807, 2.05) is 0 Å². The molecule has 1 heterocycles. The van der Waals surface area contributed by atoms with Crippen LogP contribution in [0.5, 0.6) is 0 Å². The number of carbonyl (C=O) groups is 3. The van der Waals surface area contributed by atoms with Gasteiger partial charge < -0.3 is 15.0 Å². The molecular weight excluding hydrogens is 332 g/mol. The second kappa shape index (κ2) is 7.31. The van der Waals surface area contributed by atoms with Crippen molar-refractivity contribution in [3.05, 3.63) is 51.8 Å². The van der Waals surface area contributed by atoms with Crippen LogP contribution in [0.3, 0.4) is 0 Å². The van der Waals surface area contributed by atoms with Crippen molar-refractivity contribution in [3.63, 3.8) is 0 Å². The topological polar surface area (TPSA) is 88.3 Å². The van der Waals surface area contributed by atoms with Gasteiger partial charge >= 0.3 is 5.97 Å². The minimum Gasteiger partial charge on any atom is -0.451 e. The molecule has 0 aliphatic heterocycles. The molecule has 0 spiro atoms. The van der Waals surface area contributed by atoms with Crippen LogP contribution in [0.4, 0.5) is 5.69 Å². The normalized spacial score (nSPS) is 10.3. The molecule has 6 nitrogen and oxygen atoms in total. The maximum atomic E-state index is 12.1. The number of carbonyl (C=O) groups excluding carboxylic acids is 3. The molecule has 0 radical (unpaired) electrons. The minimum atomic E-state index is -0.690. The fourth-order valence-electron chi connectivity index (χ4n) is 2.45. The number of nitrogens with one attached hydrogen (secondary N) is 2. The average molecular weight is 349 g/mol. The number of anilines is 1. The summed E-state index contributed by atoms with van der Waals surface area (Å²) >= 11 is 5.83. The summed E-state index contributed by atoms with van der Waals surface area (Å²) in [5, 5.41) is 3.06. The van der Waals surface area contributed by atoms with Crippen LogP contribution in [0, 0.1) is 13.8 Å². The molecule has 1 aromatic heterocycles. The van der Waals surface area contributed by atoms with E-state index in [0.717, 1.165) is 0 Å². The van der Waals surface area contributed by atoms with Crippen molar-refractivity contribution in [2.75, 3.05) is 11.9 Å². The third-order valence-corrected chi connectivity index (χ3v) is 3.67. The second-order valence-electron chi connectivity index (χ2n) is 5.32. The van der Waals surface area contributed by atoms with Crippen molar-refractivity contribution in [1.29, 1.82) is 0 Å². The molecule has 0 unspecified atom stereocenters. The predicted octanol–water partition coefficient (Wildman–Crippen LogP) is 3.28. The Morgan fingerprint density at radius 3 is 2.54 bits per heavy atom. The Hall–Kier alpha value is -2.60. The fourth-order valence-corrected chi connectivity index (χ4v) is 2.64. The van der Waals surface area contributed by atoms with Crippen molar-refractivity contribution >= 4 is 34.9 Å². The average Bonchev–Trinajstić information content (AvgIpc) is 2.79. The third kappa shape index (κ3) is 4.02. The summed E-state index contributed by atoms with van der Waals surface area (Å²) in [5.41, 5.74) is 2.25. The van der Waals surface area contributed by atoms with E-state index in [4.69, 9.17) is 16.3 Å². The van der Waals surface area contributed by atoms with E-state index in [0.29, 0.717) is 27.5 Å². The first kappa shape index (κ1) is 17.7. The molecule has 126 valence electrons. The molecular formula is C17H17ClN2O4. The van der Waals surface area contributed by atoms with Crippen molar-refractivity contribution in [2.24, 2.45) is 0 Å². The molecule has 24 heavy (non-hydrogen) atoms. The maximum absolute atomic E-state index is 12.1. The first-order valence-corrected chi connectivity index (χ1v) is 7.60. The Morgan fingerprint density at radius 1 is 1.25 bits per heavy atom. The fraction of sp³-hybridized carbons (Fsp3) is 0.235. The Morgan fingerprint density at radius 2 is 1.96 bits per heavy atom. The summed E-state index contributed by atoms with van der Waals surface area (Å²) in [6, 6.07) is 6.63. The smallest absolute Gasteiger partial charge is 0.355 e. The standard InChI is InChI=1S/C17H17ClN2O4/c1-9-15(11(3)21)10(2)19-16(9)17(23)24-8-14(22)20-13-6-4-5-12(18)7-13/h4-7,19H,8H2,1-3H3,(H,20,22). The number of aryl methyl sites for hydroxylation is 1. The van der Waals surface area contributed by atoms with Crippen molar-refractivity contribution in [3.8, 4) is 0 Å². The predicted molar refractivity (Wildman–Crippen MR) is 90.6 cm³/mol. The van der Waals surface area contributed by atoms with E-state index in [9.17, 15) is 14.4 Å². The van der Waals surface area contributed by atoms with Gasteiger partial charge in [0.05, 0.1) is 0 Å². The summed E-state index contributed by atoms with van der Waals surface area (Å²) in [5.74, 6) is -1.32. The summed E-state index contributed by atoms with van der Waals surface area (Å²) in [7, 11) is 0. The van der Waals surface area contributed by atoms with Gasteiger partial charge in [0.1, 0.15) is 5.69 Å². The highest BCUT2D eigenvalue weighted by Gasteiger charge is 2.21. The number of ketones is 1. The lowest BCUT2D eigenvalue weighted by molar-refractivity contribution is -0.119. The Kier molecular flexibility index (Phi) is 5.41. The number of amides is 1. The summed E-state index contributed by atoms with van der Waals surface area (Å²) < 4.78 is 4.99. The number of aromatic amines is 1. The van der Waals surface area contributed by atoms with Crippen LogP contribution in [-0.4, -0.2) is 29.3 Å². The van der Waals surface area contributed by atoms with E-state index in [2.05, 4.69) is 10.3 Å². The molecule has 0 aliphatic rings. The van der Waals surface area contributed by atoms with Gasteiger partial charge in [-0.05, 0) is 44.5 Å². The lowest BCUT2D eigenvalue weighted by Gasteiger charge is -2.07. The number of hydrogen-bond acceptors (Lipinski definition) is 4. The van der Waals surface area contributed by atoms with Gasteiger partial charge in [0.15, 0.2) is 12.4 Å². The Labute approximate surface area is 144 Å². The van der Waals surface area contributed by atoms with Crippen LogP contribution in [0.2, 0.25) is 5.02 Å². The quantitative estimate of drug-likeness (QED) is 0.641. The van der Waals surface area contributed by atoms with Gasteiger partial charge in [0.2, 0.25) is 0 Å². The lowest BCUT2D eigenvalue weighted by atomic mass is 10.1. The number of hydrogen-bond donors (Lipinski definition) is 2. The number of aromatic nitrogens is 1. The van der Waals surface area contributed by atoms with E-state index in [-0.39, 0.29) is 11.5 Å². The van der Waals surface area contributed by atoms with E-state index in [1.165, 1.54) is 6.92 Å². The van der Waals surface area contributed by atoms with Crippen LogP contribution in [0.15, 0.2) is 24.3 Å². The van der Waals surface area contributed by atoms with Gasteiger partial charge in [-0.3, -0.25) is 9.59 Å². The summed E-state index contributed by atoms with van der Waals surface area (Å²) in [4.78, 5) is 38.3. The minimum absolute atomic E-state index is 0.140. The number of H-pyrrole nitrogens is 1. The third-order valence-electron chi connectivity index (χ3n) is 3.44. The highest BCUT2D eigenvalue weighted by molar-refractivity contribution is 6.30. The number of esters is 1. The van der Waals surface area contributed by atoms with Gasteiger partial charge in [0, 0.05) is 22.0 Å². The summed E-state index contributed by atoms with van der Waals surface area (Å²) in [6.45, 7) is 4.34. The van der Waals surface area contributed by atoms with Gasteiger partial charge in [-0.25, -0.2) is 4.79 Å². The first-order chi connectivity index (χ1) is 11.3. The molecule has 2 aromatic rings. The zero-order valence-corrected chi connectivity index (χ0v) is 14.3. The molecule has 0 saturated heterocycles. The molecule has 2 rings (SSSR count). The van der Waals surface area contributed by atoms with E-state index in [1.54, 1.807) is 38.1 Å². The largest absolute Gasteiger partial charge is 0.451 e. The van der Waals surface area contributed by atoms with Crippen molar-refractivity contribution < 1.29 is 19.1 Å². The SMILES string of the molecule is CC(=O)c1c(C)[nH]c(C(=O)OCC(=O)Nc2cccc(Cl)c2)c1C. The van der Waals surface area contributed by atoms with Gasteiger partial charge in [-0.2, -0.15) is 0 Å². The Balaban J connectivity index is 1.99. The number of halogens is 1. The molecule has 0 aliphatic carbocycles. The van der Waals surface area contributed by atoms with Crippen LogP contribution in [-0.2, 0) is 9.53 Å². The molecule has 1 aromatic carbocycles. The highest BCUT2D eigenvalue weighted by atomic mass is 35.5. The van der Waals surface area contributed by atoms with Crippen LogP contribution >= 0.6 is 11.6 Å². The van der Waals surface area contributed by atoms with Gasteiger partial charge in [-0.15, -0.1) is 0 Å². The van der Waals surface area contributed by atoms with Gasteiger partial charge in [-0.1, -0.05) is 17.7 Å². The van der Waals surface area contributed by atoms with E-state index < -0.39 is 18.5 Å².